The smallest absolute Gasteiger partial charge is 0.407 e. The third-order valence-corrected chi connectivity index (χ3v) is 5.05. The summed E-state index contributed by atoms with van der Waals surface area (Å²) in [5.41, 5.74) is -0.424. The molecular formula is C18H35N3O2. The van der Waals surface area contributed by atoms with Crippen LogP contribution in [0.2, 0.25) is 0 Å². The number of rotatable bonds is 5. The molecule has 5 nitrogen and oxygen atoms in total. The number of hydrogen-bond acceptors (Lipinski definition) is 4. The molecule has 0 aromatic heterocycles. The summed E-state index contributed by atoms with van der Waals surface area (Å²) < 4.78 is 5.30. The van der Waals surface area contributed by atoms with Crippen molar-refractivity contribution in [2.24, 2.45) is 5.92 Å². The molecule has 2 fully saturated rings. The maximum absolute atomic E-state index is 11.7. The third kappa shape index (κ3) is 5.96. The molecule has 0 radical (unpaired) electrons. The molecule has 0 aromatic carbocycles. The molecule has 2 atom stereocenters. The topological polar surface area (TPSA) is 53.6 Å². The van der Waals surface area contributed by atoms with E-state index in [1.54, 1.807) is 0 Å². The predicted octanol–water partition coefficient (Wildman–Crippen LogP) is 2.75. The zero-order valence-electron chi connectivity index (χ0n) is 15.5. The lowest BCUT2D eigenvalue weighted by Gasteiger charge is -2.42. The highest BCUT2D eigenvalue weighted by atomic mass is 16.6. The van der Waals surface area contributed by atoms with Crippen LogP contribution in [0.15, 0.2) is 0 Å². The molecule has 2 rings (SSSR count). The van der Waals surface area contributed by atoms with Gasteiger partial charge in [0.25, 0.3) is 0 Å². The molecule has 2 N–H and O–H groups in total. The first-order chi connectivity index (χ1) is 10.8. The minimum absolute atomic E-state index is 0.257. The summed E-state index contributed by atoms with van der Waals surface area (Å²) in [6.07, 6.45) is 4.37. The van der Waals surface area contributed by atoms with Gasteiger partial charge in [-0.3, -0.25) is 0 Å². The van der Waals surface area contributed by atoms with E-state index in [0.717, 1.165) is 25.3 Å². The predicted molar refractivity (Wildman–Crippen MR) is 93.6 cm³/mol. The van der Waals surface area contributed by atoms with Gasteiger partial charge >= 0.3 is 6.09 Å². The summed E-state index contributed by atoms with van der Waals surface area (Å²) >= 11 is 0. The van der Waals surface area contributed by atoms with Crippen molar-refractivity contribution in [1.82, 2.24) is 15.5 Å². The molecule has 1 heterocycles. The molecule has 23 heavy (non-hydrogen) atoms. The van der Waals surface area contributed by atoms with Crippen LogP contribution < -0.4 is 10.6 Å². The summed E-state index contributed by atoms with van der Waals surface area (Å²) in [7, 11) is 0. The average Bonchev–Trinajstić information content (AvgIpc) is 2.43. The maximum atomic E-state index is 11.7. The molecule has 1 aliphatic heterocycles. The van der Waals surface area contributed by atoms with Crippen LogP contribution >= 0.6 is 0 Å². The number of alkyl carbamates (subject to hydrolysis) is 1. The number of nitrogens with one attached hydrogen (secondary N) is 2. The minimum atomic E-state index is -0.424. The summed E-state index contributed by atoms with van der Waals surface area (Å²) in [4.78, 5) is 14.3. The first-order valence-electron chi connectivity index (χ1n) is 9.24. The van der Waals surface area contributed by atoms with Gasteiger partial charge in [0, 0.05) is 24.7 Å². The van der Waals surface area contributed by atoms with Crippen molar-refractivity contribution in [2.45, 2.75) is 84.0 Å². The van der Waals surface area contributed by atoms with Gasteiger partial charge in [0.1, 0.15) is 5.60 Å². The number of amides is 1. The van der Waals surface area contributed by atoms with Crippen LogP contribution in [0.5, 0.6) is 0 Å². The highest BCUT2D eigenvalue weighted by Crippen LogP contribution is 2.25. The Labute approximate surface area is 141 Å². The van der Waals surface area contributed by atoms with Crippen LogP contribution in [0.3, 0.4) is 0 Å². The van der Waals surface area contributed by atoms with E-state index in [0.29, 0.717) is 12.1 Å². The van der Waals surface area contributed by atoms with E-state index in [-0.39, 0.29) is 12.1 Å². The molecule has 1 amide bonds. The van der Waals surface area contributed by atoms with E-state index in [4.69, 9.17) is 4.74 Å². The summed E-state index contributed by atoms with van der Waals surface area (Å²) in [5, 5.41) is 6.73. The highest BCUT2D eigenvalue weighted by molar-refractivity contribution is 5.68. The number of piperidine rings is 1. The first kappa shape index (κ1) is 18.5. The third-order valence-electron chi connectivity index (χ3n) is 5.05. The summed E-state index contributed by atoms with van der Waals surface area (Å²) in [6, 6.07) is 1.34. The molecule has 2 unspecified atom stereocenters. The van der Waals surface area contributed by atoms with Crippen LogP contribution in [0.25, 0.3) is 0 Å². The number of nitrogens with zero attached hydrogens (tertiary/aromatic N) is 1. The van der Waals surface area contributed by atoms with E-state index >= 15 is 0 Å². The fourth-order valence-electron chi connectivity index (χ4n) is 3.64. The van der Waals surface area contributed by atoms with Crippen molar-refractivity contribution in [1.29, 1.82) is 0 Å². The molecule has 1 aliphatic carbocycles. The fourth-order valence-corrected chi connectivity index (χ4v) is 3.64. The van der Waals surface area contributed by atoms with Crippen molar-refractivity contribution in [2.75, 3.05) is 19.6 Å². The summed E-state index contributed by atoms with van der Waals surface area (Å²) in [5.74, 6) is 0.751. The van der Waals surface area contributed by atoms with E-state index in [1.807, 2.05) is 20.8 Å². The zero-order valence-corrected chi connectivity index (χ0v) is 15.5. The normalized spacial score (nSPS) is 30.4. The van der Waals surface area contributed by atoms with Gasteiger partial charge in [-0.15, -0.1) is 0 Å². The van der Waals surface area contributed by atoms with Gasteiger partial charge in [0.05, 0.1) is 0 Å². The lowest BCUT2D eigenvalue weighted by atomic mass is 9.84. The van der Waals surface area contributed by atoms with Gasteiger partial charge in [0.2, 0.25) is 0 Å². The van der Waals surface area contributed by atoms with Crippen LogP contribution in [0, 0.1) is 5.92 Å². The van der Waals surface area contributed by atoms with Crippen molar-refractivity contribution in [3.05, 3.63) is 0 Å². The average molecular weight is 325 g/mol. The molecule has 5 heteroatoms. The Bertz CT molecular complexity index is 388. The van der Waals surface area contributed by atoms with Crippen molar-refractivity contribution in [3.8, 4) is 0 Å². The SMILES string of the molecule is CCN1CCCC(C(C)NC2CC(NC(=O)OC(C)(C)C)C2)C1. The van der Waals surface area contributed by atoms with Crippen LogP contribution in [-0.2, 0) is 4.74 Å². The second kappa shape index (κ2) is 7.84. The van der Waals surface area contributed by atoms with Gasteiger partial charge in [-0.05, 0) is 72.4 Å². The summed E-state index contributed by atoms with van der Waals surface area (Å²) in [6.45, 7) is 13.9. The van der Waals surface area contributed by atoms with Gasteiger partial charge in [-0.2, -0.15) is 0 Å². The standard InChI is InChI=1S/C18H35N3O2/c1-6-21-9-7-8-14(12-21)13(2)19-15-10-16(11-15)20-17(22)23-18(3,4)5/h13-16,19H,6-12H2,1-5H3,(H,20,22). The van der Waals surface area contributed by atoms with Crippen LogP contribution in [-0.4, -0.2) is 54.4 Å². The quantitative estimate of drug-likeness (QED) is 0.816. The van der Waals surface area contributed by atoms with Crippen molar-refractivity contribution < 1.29 is 9.53 Å². The molecule has 1 saturated heterocycles. The Hall–Kier alpha value is -0.810. The Morgan fingerprint density at radius 3 is 2.61 bits per heavy atom. The highest BCUT2D eigenvalue weighted by Gasteiger charge is 2.34. The van der Waals surface area contributed by atoms with E-state index in [9.17, 15) is 4.79 Å². The number of likely N-dealkylation sites (tertiary alicyclic amines) is 1. The number of carbonyl (C=O) groups excluding carboxylic acids is 1. The fraction of sp³-hybridized carbons (Fsp3) is 0.944. The minimum Gasteiger partial charge on any atom is -0.444 e. The van der Waals surface area contributed by atoms with Crippen LogP contribution in [0.1, 0.15) is 60.3 Å². The van der Waals surface area contributed by atoms with Gasteiger partial charge in [0.15, 0.2) is 0 Å². The molecule has 0 bridgehead atoms. The number of hydrogen-bond donors (Lipinski definition) is 2. The molecule has 1 saturated carbocycles. The second-order valence-electron chi connectivity index (χ2n) is 8.26. The van der Waals surface area contributed by atoms with Gasteiger partial charge in [-0.1, -0.05) is 6.92 Å². The van der Waals surface area contributed by atoms with Gasteiger partial charge < -0.3 is 20.3 Å². The van der Waals surface area contributed by atoms with E-state index in [2.05, 4.69) is 29.4 Å². The Morgan fingerprint density at radius 1 is 1.30 bits per heavy atom. The Balaban J connectivity index is 1.64. The second-order valence-corrected chi connectivity index (χ2v) is 8.26. The molecule has 0 spiro atoms. The Morgan fingerprint density at radius 2 is 2.00 bits per heavy atom. The lowest BCUT2D eigenvalue weighted by molar-refractivity contribution is 0.0458. The molecule has 2 aliphatic rings. The Kier molecular flexibility index (Phi) is 6.32. The van der Waals surface area contributed by atoms with Crippen molar-refractivity contribution in [3.63, 3.8) is 0 Å². The molecule has 134 valence electrons. The first-order valence-corrected chi connectivity index (χ1v) is 9.24. The number of carbonyl (C=O) groups is 1. The largest absolute Gasteiger partial charge is 0.444 e. The van der Waals surface area contributed by atoms with E-state index < -0.39 is 5.60 Å². The van der Waals surface area contributed by atoms with Crippen molar-refractivity contribution >= 4 is 6.09 Å². The van der Waals surface area contributed by atoms with Gasteiger partial charge in [-0.25, -0.2) is 4.79 Å². The van der Waals surface area contributed by atoms with Crippen LogP contribution in [0.4, 0.5) is 4.79 Å². The molecular weight excluding hydrogens is 290 g/mol. The molecule has 0 aromatic rings. The monoisotopic (exact) mass is 325 g/mol. The maximum Gasteiger partial charge on any atom is 0.407 e. The number of ether oxygens (including phenoxy) is 1. The lowest BCUT2D eigenvalue weighted by Crippen LogP contribution is -2.56. The van der Waals surface area contributed by atoms with E-state index in [1.165, 1.54) is 25.9 Å². The zero-order chi connectivity index (χ0) is 17.0.